The van der Waals surface area contributed by atoms with E-state index in [9.17, 15) is 5.11 Å². The molecule has 4 aromatic rings. The summed E-state index contributed by atoms with van der Waals surface area (Å²) in [6.45, 7) is 14.0. The van der Waals surface area contributed by atoms with Crippen LogP contribution in [0.1, 0.15) is 60.8 Å². The third-order valence-electron chi connectivity index (χ3n) is 11.5. The quantitative estimate of drug-likeness (QED) is 0.173. The molecule has 2 saturated carbocycles. The van der Waals surface area contributed by atoms with Gasteiger partial charge in [0.05, 0.1) is 30.5 Å². The fourth-order valence-electron chi connectivity index (χ4n) is 9.19. The molecule has 48 heavy (non-hydrogen) atoms. The minimum Gasteiger partial charge on any atom is -0.402 e. The van der Waals surface area contributed by atoms with Gasteiger partial charge in [0.15, 0.2) is 0 Å². The third kappa shape index (κ3) is 5.78. The van der Waals surface area contributed by atoms with Gasteiger partial charge in [0.1, 0.15) is 0 Å². The number of aliphatic hydroxyl groups excluding tert-OH is 1. The van der Waals surface area contributed by atoms with Gasteiger partial charge in [-0.2, -0.15) is 0 Å². The van der Waals surface area contributed by atoms with E-state index in [1.807, 2.05) is 0 Å². The minimum absolute atomic E-state index is 0.121. The van der Waals surface area contributed by atoms with E-state index in [4.69, 9.17) is 13.6 Å². The molecular weight excluding hydrogens is 625 g/mol. The van der Waals surface area contributed by atoms with Gasteiger partial charge in [0.25, 0.3) is 16.6 Å². The molecule has 0 amide bonds. The highest BCUT2D eigenvalue weighted by Crippen LogP contribution is 2.52. The molecule has 0 radical (unpaired) electrons. The fraction of sp³-hybridized carbons (Fsp3) is 0.429. The highest BCUT2D eigenvalue weighted by atomic mass is 28.4. The Kier molecular flexibility index (Phi) is 8.97. The largest absolute Gasteiger partial charge is 0.402 e. The summed E-state index contributed by atoms with van der Waals surface area (Å²) in [4.78, 5) is 0. The van der Waals surface area contributed by atoms with Gasteiger partial charge in [0, 0.05) is 0 Å². The van der Waals surface area contributed by atoms with Gasteiger partial charge >= 0.3 is 0 Å². The zero-order valence-corrected chi connectivity index (χ0v) is 31.4. The smallest absolute Gasteiger partial charge is 0.261 e. The maximum atomic E-state index is 12.7. The Morgan fingerprint density at radius 1 is 0.542 bits per heavy atom. The van der Waals surface area contributed by atoms with E-state index >= 15 is 0 Å². The molecule has 0 aromatic heterocycles. The molecule has 1 N–H and O–H groups in total. The lowest BCUT2D eigenvalue weighted by Crippen LogP contribution is -2.73. The van der Waals surface area contributed by atoms with Crippen molar-refractivity contribution >= 4 is 37.4 Å². The van der Waals surface area contributed by atoms with Crippen molar-refractivity contribution in [2.75, 3.05) is 0 Å². The molecule has 0 unspecified atom stereocenters. The first-order chi connectivity index (χ1) is 23.0. The van der Waals surface area contributed by atoms with Crippen LogP contribution in [0.25, 0.3) is 0 Å². The maximum absolute atomic E-state index is 12.7. The van der Waals surface area contributed by atoms with Crippen LogP contribution in [0.2, 0.25) is 10.1 Å². The number of aliphatic hydroxyl groups is 1. The van der Waals surface area contributed by atoms with Crippen LogP contribution >= 0.6 is 0 Å². The highest BCUT2D eigenvalue weighted by molar-refractivity contribution is 7.00. The van der Waals surface area contributed by atoms with Gasteiger partial charge in [-0.25, -0.2) is 0 Å². The van der Waals surface area contributed by atoms with Gasteiger partial charge in [0.2, 0.25) is 0 Å². The average molecular weight is 677 g/mol. The second-order valence-corrected chi connectivity index (χ2v) is 24.9. The topological polar surface area (TPSA) is 51.2 Å². The Labute approximate surface area is 289 Å². The zero-order chi connectivity index (χ0) is 33.7. The third-order valence-corrected chi connectivity index (χ3v) is 21.6. The normalized spacial score (nSPS) is 27.5. The predicted octanol–water partition coefficient (Wildman–Crippen LogP) is 6.44. The van der Waals surface area contributed by atoms with Crippen molar-refractivity contribution in [1.82, 2.24) is 0 Å². The number of epoxide rings is 1. The van der Waals surface area contributed by atoms with E-state index in [2.05, 4.69) is 163 Å². The number of hydrogen-bond acceptors (Lipinski definition) is 4. The van der Waals surface area contributed by atoms with Crippen molar-refractivity contribution in [2.24, 2.45) is 11.8 Å². The predicted molar refractivity (Wildman–Crippen MR) is 200 cm³/mol. The lowest BCUT2D eigenvalue weighted by molar-refractivity contribution is -0.122. The van der Waals surface area contributed by atoms with E-state index < -0.39 is 28.8 Å². The average Bonchev–Trinajstić information content (AvgIpc) is 3.85. The first-order valence-corrected chi connectivity index (χ1v) is 21.7. The monoisotopic (exact) mass is 676 g/mol. The molecule has 7 atom stereocenters. The molecule has 3 fully saturated rings. The van der Waals surface area contributed by atoms with Gasteiger partial charge in [-0.05, 0) is 61.9 Å². The van der Waals surface area contributed by atoms with E-state index in [-0.39, 0.29) is 28.2 Å². The van der Waals surface area contributed by atoms with Gasteiger partial charge < -0.3 is 18.7 Å². The van der Waals surface area contributed by atoms with Gasteiger partial charge in [-0.1, -0.05) is 163 Å². The highest BCUT2D eigenvalue weighted by Gasteiger charge is 2.61. The number of fused-ring (bicyclic) bond motifs is 2. The van der Waals surface area contributed by atoms with Crippen molar-refractivity contribution < 1.29 is 18.7 Å². The SMILES string of the molecule is CC(C)(C)[Si](O[C@H]1[C@@H](O)[C@H]2C[C@H]3O[C@H]3C[C@H]2C[C@@H]1O[Si](c1ccccc1)(c1ccccc1)C(C)(C)C)(c1ccccc1)c1ccccc1. The minimum atomic E-state index is -3.02. The van der Waals surface area contributed by atoms with E-state index in [1.165, 1.54) is 20.7 Å². The fourth-order valence-corrected chi connectivity index (χ4v) is 18.6. The summed E-state index contributed by atoms with van der Waals surface area (Å²) in [6.07, 6.45) is 1.84. The van der Waals surface area contributed by atoms with Crippen molar-refractivity contribution in [3.05, 3.63) is 121 Å². The molecule has 2 aliphatic carbocycles. The van der Waals surface area contributed by atoms with Crippen molar-refractivity contribution in [2.45, 2.75) is 101 Å². The summed E-state index contributed by atoms with van der Waals surface area (Å²) in [7, 11) is -5.98. The summed E-state index contributed by atoms with van der Waals surface area (Å²) in [5.41, 5.74) is 0. The number of ether oxygens (including phenoxy) is 1. The van der Waals surface area contributed by atoms with Crippen LogP contribution in [0, 0.1) is 11.8 Å². The Hall–Kier alpha value is -2.85. The van der Waals surface area contributed by atoms with Crippen LogP contribution < -0.4 is 20.7 Å². The molecule has 1 aliphatic heterocycles. The summed E-state index contributed by atoms with van der Waals surface area (Å²) in [5, 5.41) is 17.2. The molecule has 1 heterocycles. The molecule has 7 rings (SSSR count). The maximum Gasteiger partial charge on any atom is 0.261 e. The number of hydrogen-bond donors (Lipinski definition) is 1. The molecule has 4 nitrogen and oxygen atoms in total. The second kappa shape index (κ2) is 12.8. The Bertz CT molecular complexity index is 1570. The van der Waals surface area contributed by atoms with Crippen molar-refractivity contribution in [1.29, 1.82) is 0 Å². The van der Waals surface area contributed by atoms with Crippen LogP contribution in [0.4, 0.5) is 0 Å². The standard InChI is InChI=1S/C42H52O4Si2/c1-41(2,3)47(31-19-11-7-12-20-31,32-21-13-8-14-22-32)45-38-28-30-27-36-37(44-36)29-35(30)39(43)40(38)46-48(42(4,5)6,33-23-15-9-16-24-33)34-25-17-10-18-26-34/h7-26,30,35-40,43H,27-29H2,1-6H3/t30-,35-,36-,37+,38-,39-,40+/m0/s1. The summed E-state index contributed by atoms with van der Waals surface area (Å²) >= 11 is 0. The Balaban J connectivity index is 1.41. The molecule has 0 spiro atoms. The van der Waals surface area contributed by atoms with E-state index in [0.717, 1.165) is 19.3 Å². The molecule has 6 heteroatoms. The first kappa shape index (κ1) is 33.6. The summed E-state index contributed by atoms with van der Waals surface area (Å²) < 4.78 is 22.0. The van der Waals surface area contributed by atoms with E-state index in [0.29, 0.717) is 12.0 Å². The molecule has 1 saturated heterocycles. The second-order valence-electron chi connectivity index (χ2n) is 16.4. The molecule has 3 aliphatic rings. The zero-order valence-electron chi connectivity index (χ0n) is 29.4. The molecule has 252 valence electrons. The van der Waals surface area contributed by atoms with Crippen molar-refractivity contribution in [3.63, 3.8) is 0 Å². The first-order valence-electron chi connectivity index (χ1n) is 17.9. The lowest BCUT2D eigenvalue weighted by Gasteiger charge is -2.54. The van der Waals surface area contributed by atoms with Gasteiger partial charge in [-0.3, -0.25) is 0 Å². The number of rotatable bonds is 8. The van der Waals surface area contributed by atoms with Crippen LogP contribution in [0.3, 0.4) is 0 Å². The van der Waals surface area contributed by atoms with Crippen molar-refractivity contribution in [3.8, 4) is 0 Å². The van der Waals surface area contributed by atoms with Gasteiger partial charge in [-0.15, -0.1) is 0 Å². The van der Waals surface area contributed by atoms with Crippen LogP contribution in [-0.2, 0) is 13.6 Å². The number of benzene rings is 4. The van der Waals surface area contributed by atoms with Crippen LogP contribution in [0.15, 0.2) is 121 Å². The Morgan fingerprint density at radius 3 is 1.31 bits per heavy atom. The molecule has 4 aromatic carbocycles. The summed E-state index contributed by atoms with van der Waals surface area (Å²) in [6, 6.07) is 43.4. The lowest BCUT2D eigenvalue weighted by atomic mass is 9.67. The Morgan fingerprint density at radius 2 is 0.917 bits per heavy atom. The van der Waals surface area contributed by atoms with Crippen LogP contribution in [-0.4, -0.2) is 52.3 Å². The molecule has 0 bridgehead atoms. The van der Waals surface area contributed by atoms with Crippen LogP contribution in [0.5, 0.6) is 0 Å². The van der Waals surface area contributed by atoms with E-state index in [1.54, 1.807) is 0 Å². The molecular formula is C42H52O4Si2. The summed E-state index contributed by atoms with van der Waals surface area (Å²) in [5.74, 6) is 0.446.